The zero-order chi connectivity index (χ0) is 26.0. The van der Waals surface area contributed by atoms with Crippen LogP contribution in [-0.4, -0.2) is 10.2 Å². The Bertz CT molecular complexity index is 1510. The number of nitriles is 1. The van der Waals surface area contributed by atoms with E-state index in [-0.39, 0.29) is 11.5 Å². The Morgan fingerprint density at radius 3 is 1.32 bits per heavy atom. The molecule has 0 amide bonds. The van der Waals surface area contributed by atoms with Gasteiger partial charge >= 0.3 is 0 Å². The second-order valence-electron chi connectivity index (χ2n) is 8.64. The van der Waals surface area contributed by atoms with Gasteiger partial charge in [0.15, 0.2) is 0 Å². The summed E-state index contributed by atoms with van der Waals surface area (Å²) in [5, 5.41) is 27.9. The molecule has 0 radical (unpaired) electrons. The number of fused-ring (bicyclic) bond motifs is 3. The number of hydrogen-bond donors (Lipinski definition) is 2. The van der Waals surface area contributed by atoms with E-state index in [9.17, 15) is 19.0 Å². The lowest BCUT2D eigenvalue weighted by Crippen LogP contribution is -2.28. The monoisotopic (exact) mass is 489 g/mol. The number of hydrogen-bond acceptors (Lipinski definition) is 3. The number of rotatable bonds is 2. The largest absolute Gasteiger partial charge is 0.508 e. The van der Waals surface area contributed by atoms with Crippen LogP contribution in [0.1, 0.15) is 27.8 Å². The smallest absolute Gasteiger partial charge is 0.143 e. The van der Waals surface area contributed by atoms with Gasteiger partial charge < -0.3 is 10.2 Å². The van der Waals surface area contributed by atoms with Crippen molar-refractivity contribution in [3.05, 3.63) is 155 Å². The number of nitrogens with zero attached hydrogens (tertiary/aromatic N) is 1. The van der Waals surface area contributed by atoms with E-state index < -0.39 is 22.6 Å². The van der Waals surface area contributed by atoms with Crippen LogP contribution in [0.25, 0.3) is 11.1 Å². The summed E-state index contributed by atoms with van der Waals surface area (Å²) in [6.45, 7) is 0. The van der Waals surface area contributed by atoms with Crippen LogP contribution in [-0.2, 0) is 5.41 Å². The van der Waals surface area contributed by atoms with Gasteiger partial charge in [0.1, 0.15) is 34.8 Å². The highest BCUT2D eigenvalue weighted by molar-refractivity contribution is 5.86. The van der Waals surface area contributed by atoms with Gasteiger partial charge in [-0.05, 0) is 69.8 Å². The maximum Gasteiger partial charge on any atom is 0.143 e. The highest BCUT2D eigenvalue weighted by atomic mass is 19.1. The van der Waals surface area contributed by atoms with E-state index in [1.54, 1.807) is 24.3 Å². The molecule has 0 aromatic heterocycles. The highest BCUT2D eigenvalue weighted by Gasteiger charge is 2.45. The quantitative estimate of drug-likeness (QED) is 0.268. The van der Waals surface area contributed by atoms with Gasteiger partial charge in [-0.3, -0.25) is 0 Å². The van der Waals surface area contributed by atoms with Gasteiger partial charge in [-0.15, -0.1) is 0 Å². The van der Waals surface area contributed by atoms with Crippen LogP contribution in [0, 0.1) is 23.0 Å². The third-order valence-corrected chi connectivity index (χ3v) is 6.63. The number of phenolic OH excluding ortho intramolecular Hbond substituents is 2. The van der Waals surface area contributed by atoms with Crippen LogP contribution in [0.3, 0.4) is 0 Å². The first kappa shape index (κ1) is 23.8. The lowest BCUT2D eigenvalue weighted by molar-refractivity contribution is 0.474. The van der Waals surface area contributed by atoms with Crippen molar-refractivity contribution in [3.63, 3.8) is 0 Å². The van der Waals surface area contributed by atoms with E-state index in [0.717, 1.165) is 23.3 Å². The zero-order valence-electron chi connectivity index (χ0n) is 19.6. The molecule has 0 spiro atoms. The summed E-state index contributed by atoms with van der Waals surface area (Å²) >= 11 is 0. The SMILES string of the molecule is N#Cc1c(F)cccc1F.Oc1ccc(C2(c3ccc(O)cc3)c3ccccc3-c3ccccc32)cc1. The molecule has 5 aromatic rings. The molecule has 3 nitrogen and oxygen atoms in total. The van der Waals surface area contributed by atoms with Crippen LogP contribution in [0.4, 0.5) is 8.78 Å². The first-order valence-corrected chi connectivity index (χ1v) is 11.6. The summed E-state index contributed by atoms with van der Waals surface area (Å²) in [6.07, 6.45) is 0. The number of aromatic hydroxyl groups is 2. The second kappa shape index (κ2) is 9.60. The van der Waals surface area contributed by atoms with E-state index in [1.165, 1.54) is 34.4 Å². The van der Waals surface area contributed by atoms with Crippen molar-refractivity contribution < 1.29 is 19.0 Å². The van der Waals surface area contributed by atoms with E-state index in [1.807, 2.05) is 24.3 Å². The van der Waals surface area contributed by atoms with Crippen LogP contribution >= 0.6 is 0 Å². The summed E-state index contributed by atoms with van der Waals surface area (Å²) in [4.78, 5) is 0. The molecule has 6 rings (SSSR count). The van der Waals surface area contributed by atoms with Gasteiger partial charge in [0.2, 0.25) is 0 Å². The summed E-state index contributed by atoms with van der Waals surface area (Å²) in [7, 11) is 0. The Morgan fingerprint density at radius 2 is 0.946 bits per heavy atom. The van der Waals surface area contributed by atoms with E-state index in [4.69, 9.17) is 5.26 Å². The summed E-state index contributed by atoms with van der Waals surface area (Å²) in [6, 6.07) is 36.6. The molecule has 1 aliphatic carbocycles. The molecule has 0 saturated heterocycles. The minimum absolute atomic E-state index is 0.249. The average Bonchev–Trinajstić information content (AvgIpc) is 3.22. The van der Waals surface area contributed by atoms with Crippen molar-refractivity contribution in [1.82, 2.24) is 0 Å². The minimum atomic E-state index is -0.817. The van der Waals surface area contributed by atoms with Crippen molar-refractivity contribution in [1.29, 1.82) is 5.26 Å². The fourth-order valence-corrected chi connectivity index (χ4v) is 5.05. The third-order valence-electron chi connectivity index (χ3n) is 6.63. The van der Waals surface area contributed by atoms with Crippen LogP contribution < -0.4 is 0 Å². The van der Waals surface area contributed by atoms with Crippen molar-refractivity contribution in [2.75, 3.05) is 0 Å². The predicted octanol–water partition coefficient (Wildman–Crippen LogP) is 7.30. The molecule has 180 valence electrons. The lowest BCUT2D eigenvalue weighted by Gasteiger charge is -2.33. The van der Waals surface area contributed by atoms with Crippen LogP contribution in [0.15, 0.2) is 115 Å². The Balaban J connectivity index is 0.000000237. The standard InChI is InChI=1S/C25H18O2.C7H3F2N/c26-19-13-9-17(10-14-19)25(18-11-15-20(27)16-12-18)23-7-3-1-5-21(23)22-6-2-4-8-24(22)25;8-6-2-1-3-7(9)5(6)4-10/h1-16,26-27H;1-3H. The van der Waals surface area contributed by atoms with E-state index in [0.29, 0.717) is 0 Å². The normalized spacial score (nSPS) is 12.5. The highest BCUT2D eigenvalue weighted by Crippen LogP contribution is 2.56. The van der Waals surface area contributed by atoms with Crippen LogP contribution in [0.2, 0.25) is 0 Å². The van der Waals surface area contributed by atoms with Gasteiger partial charge in [-0.1, -0.05) is 78.9 Å². The third kappa shape index (κ3) is 3.99. The van der Waals surface area contributed by atoms with E-state index in [2.05, 4.69) is 48.5 Å². The van der Waals surface area contributed by atoms with Gasteiger partial charge in [0, 0.05) is 0 Å². The Morgan fingerprint density at radius 1 is 0.541 bits per heavy atom. The fourth-order valence-electron chi connectivity index (χ4n) is 5.05. The van der Waals surface area contributed by atoms with E-state index >= 15 is 0 Å². The Labute approximate surface area is 213 Å². The topological polar surface area (TPSA) is 64.2 Å². The molecule has 0 aliphatic heterocycles. The Hall–Kier alpha value is -4.95. The maximum atomic E-state index is 12.4. The first-order valence-electron chi connectivity index (χ1n) is 11.6. The molecule has 0 saturated carbocycles. The molecular formula is C32H21F2NO2. The summed E-state index contributed by atoms with van der Waals surface area (Å²) in [5.41, 5.74) is 6.01. The van der Waals surface area contributed by atoms with Crippen molar-refractivity contribution in [3.8, 4) is 28.7 Å². The molecule has 0 heterocycles. The molecule has 1 aliphatic rings. The molecular weight excluding hydrogens is 468 g/mol. The molecule has 5 aromatic carbocycles. The van der Waals surface area contributed by atoms with Gasteiger partial charge in [-0.2, -0.15) is 5.26 Å². The van der Waals surface area contributed by atoms with Crippen molar-refractivity contribution in [2.45, 2.75) is 5.41 Å². The Kier molecular flexibility index (Phi) is 6.17. The lowest BCUT2D eigenvalue weighted by atomic mass is 9.68. The number of benzene rings is 5. The second-order valence-corrected chi connectivity index (χ2v) is 8.64. The maximum absolute atomic E-state index is 12.4. The molecule has 0 atom stereocenters. The molecule has 5 heteroatoms. The minimum Gasteiger partial charge on any atom is -0.508 e. The van der Waals surface area contributed by atoms with Gasteiger partial charge in [-0.25, -0.2) is 8.78 Å². The predicted molar refractivity (Wildman–Crippen MR) is 138 cm³/mol. The van der Waals surface area contributed by atoms with Crippen molar-refractivity contribution in [2.24, 2.45) is 0 Å². The number of phenols is 2. The molecule has 0 unspecified atom stereocenters. The molecule has 2 N–H and O–H groups in total. The average molecular weight is 490 g/mol. The molecule has 0 bridgehead atoms. The van der Waals surface area contributed by atoms with Gasteiger partial charge in [0.05, 0.1) is 5.41 Å². The fraction of sp³-hybridized carbons (Fsp3) is 0.0312. The summed E-state index contributed by atoms with van der Waals surface area (Å²) < 4.78 is 24.8. The zero-order valence-corrected chi connectivity index (χ0v) is 19.6. The first-order chi connectivity index (χ1) is 18.0. The number of halogens is 2. The van der Waals surface area contributed by atoms with Crippen molar-refractivity contribution >= 4 is 0 Å². The summed E-state index contributed by atoms with van der Waals surface area (Å²) in [5.74, 6) is -1.14. The molecule has 0 fully saturated rings. The van der Waals surface area contributed by atoms with Crippen LogP contribution in [0.5, 0.6) is 11.5 Å². The van der Waals surface area contributed by atoms with Gasteiger partial charge in [0.25, 0.3) is 0 Å². The molecule has 37 heavy (non-hydrogen) atoms.